The van der Waals surface area contributed by atoms with Gasteiger partial charge in [-0.2, -0.15) is 0 Å². The number of hydrogen-bond donors (Lipinski definition) is 0. The average Bonchev–Trinajstić information content (AvgIpc) is 0.792. The van der Waals surface area contributed by atoms with E-state index in [0.717, 1.165) is 18.3 Å². The molecule has 14 aromatic carbocycles. The molecule has 1 aliphatic rings. The molecule has 0 aliphatic heterocycles. The minimum Gasteiger partial charge on any atom is -0.0643 e. The molecule has 0 atom stereocenters. The quantitative estimate of drug-likeness (QED) is 0.0688. The molecule has 1 aliphatic carbocycles. The second kappa shape index (κ2) is 38.7. The van der Waals surface area contributed by atoms with Gasteiger partial charge in [0.2, 0.25) is 0 Å². The van der Waals surface area contributed by atoms with Gasteiger partial charge >= 0.3 is 0 Å². The zero-order valence-corrected chi connectivity index (χ0v) is 63.9. The standard InChI is InChI=1S/2C17H16.C15H22.C15H16.2C13H14.C11H15B/c1-12(2)16-9-5-8-15-10-13-6-3-4-7-14(13)11-17(15)16;1-12(2)14-9-10-17-15(11-14)8-7-13-5-3-4-6-16(13)17;2*1-12(2)13-8-10-15(11-9-13)14-6-4-3-5-7-14;1-10(2)12-9-5-7-11-6-3-4-8-13(11)12;1-10(2)12-8-7-11-5-3-4-6-13(11)9-12;1-9(2)7-10-3-5-11(8-12)6-4-10/h2*3-12H,1-2H3;8-12,14H,3-7H2,1-2H3;3-12H,1-2H3;2*3-10H,1-2H3;3-6,9H,7-8H2,1-2H3. The van der Waals surface area contributed by atoms with E-state index in [0.29, 0.717) is 41.8 Å². The van der Waals surface area contributed by atoms with Crippen LogP contribution in [0.15, 0.2) is 297 Å². The molecule has 14 aromatic rings. The third-order valence-electron chi connectivity index (χ3n) is 20.0. The molecule has 0 amide bonds. The van der Waals surface area contributed by atoms with E-state index in [2.05, 4.69) is 388 Å². The monoisotopic (exact) mass is 1340 g/mol. The largest absolute Gasteiger partial charge is 0.0716 e. The minimum atomic E-state index is 0.569. The fraction of sp³-hybridized carbons (Fsp3) is 0.287. The predicted molar refractivity (Wildman–Crippen MR) is 454 cm³/mol. The summed E-state index contributed by atoms with van der Waals surface area (Å²) in [7, 11) is 5.50. The Hall–Kier alpha value is -9.30. The number of hydrogen-bond acceptors (Lipinski definition) is 0. The van der Waals surface area contributed by atoms with Gasteiger partial charge in [0, 0.05) is 0 Å². The normalized spacial score (nSPS) is 12.1. The third-order valence-corrected chi connectivity index (χ3v) is 20.0. The van der Waals surface area contributed by atoms with Crippen LogP contribution in [0.25, 0.3) is 75.8 Å². The van der Waals surface area contributed by atoms with Gasteiger partial charge in [-0.15, -0.1) is 0 Å². The fourth-order valence-corrected chi connectivity index (χ4v) is 13.8. The van der Waals surface area contributed by atoms with Gasteiger partial charge in [-0.25, -0.2) is 0 Å². The van der Waals surface area contributed by atoms with Crippen molar-refractivity contribution in [3.8, 4) is 11.1 Å². The molecule has 15 rings (SSSR count). The second-order valence-corrected chi connectivity index (χ2v) is 30.2. The van der Waals surface area contributed by atoms with Crippen LogP contribution in [0, 0.1) is 5.92 Å². The van der Waals surface area contributed by atoms with E-state index in [-0.39, 0.29) is 0 Å². The number of fused-ring (bicyclic) bond motifs is 7. The van der Waals surface area contributed by atoms with Gasteiger partial charge in [-0.3, -0.25) is 0 Å². The molecule has 1 fully saturated rings. The molecule has 0 nitrogen and oxygen atoms in total. The van der Waals surface area contributed by atoms with Crippen LogP contribution in [-0.2, 0) is 12.7 Å². The molecule has 520 valence electrons. The lowest BCUT2D eigenvalue weighted by Crippen LogP contribution is -2.04. The van der Waals surface area contributed by atoms with Crippen molar-refractivity contribution in [2.75, 3.05) is 0 Å². The van der Waals surface area contributed by atoms with Crippen LogP contribution in [0.4, 0.5) is 0 Å². The van der Waals surface area contributed by atoms with E-state index in [4.69, 9.17) is 7.85 Å². The van der Waals surface area contributed by atoms with E-state index in [9.17, 15) is 0 Å². The molecule has 0 aromatic heterocycles. The molecular weight excluding hydrogens is 1220 g/mol. The van der Waals surface area contributed by atoms with Crippen molar-refractivity contribution in [1.29, 1.82) is 0 Å². The molecular formula is C101H113B. The first-order valence-corrected chi connectivity index (χ1v) is 38.2. The molecule has 1 heteroatoms. The first-order valence-electron chi connectivity index (χ1n) is 38.2. The Bertz CT molecular complexity index is 4800. The summed E-state index contributed by atoms with van der Waals surface area (Å²) in [5, 5.41) is 16.1. The lowest BCUT2D eigenvalue weighted by atomic mass is 9.83. The SMILES string of the molecule is CC(C)c1ccc(-c2ccccc2)cc1.CC(C)c1ccc(C2CCCCC2)cc1.CC(C)c1ccc2c(ccc3ccccc32)c1.CC(C)c1ccc2ccccc2c1.CC(C)c1cccc2cc3ccccc3cc12.CC(C)c1cccc2ccccc12.[B]Cc1ccc(CC(C)C)cc1. The van der Waals surface area contributed by atoms with Crippen LogP contribution in [-0.4, -0.2) is 7.85 Å². The Balaban J connectivity index is 0.000000139. The Morgan fingerprint density at radius 1 is 0.265 bits per heavy atom. The molecule has 102 heavy (non-hydrogen) atoms. The molecule has 0 saturated heterocycles. The van der Waals surface area contributed by atoms with Crippen LogP contribution >= 0.6 is 0 Å². The topological polar surface area (TPSA) is 0 Å². The summed E-state index contributed by atoms with van der Waals surface area (Å²) in [6, 6.07) is 107. The van der Waals surface area contributed by atoms with Gasteiger partial charge in [0.05, 0.1) is 7.85 Å². The van der Waals surface area contributed by atoms with E-state index < -0.39 is 0 Å². The van der Waals surface area contributed by atoms with Crippen molar-refractivity contribution in [2.24, 2.45) is 5.92 Å². The predicted octanol–water partition coefficient (Wildman–Crippen LogP) is 30.0. The highest BCUT2D eigenvalue weighted by Gasteiger charge is 2.16. The summed E-state index contributed by atoms with van der Waals surface area (Å²) in [5.41, 5.74) is 15.3. The number of rotatable bonds is 11. The second-order valence-electron chi connectivity index (χ2n) is 30.2. The number of benzene rings is 14. The van der Waals surface area contributed by atoms with Crippen LogP contribution in [0.1, 0.15) is 221 Å². The smallest absolute Gasteiger partial charge is 0.0643 e. The van der Waals surface area contributed by atoms with Crippen molar-refractivity contribution >= 4 is 72.5 Å². The highest BCUT2D eigenvalue weighted by atomic mass is 14.2. The van der Waals surface area contributed by atoms with Crippen molar-refractivity contribution in [1.82, 2.24) is 0 Å². The first-order chi connectivity index (χ1) is 49.3. The Morgan fingerprint density at radius 2 is 0.647 bits per heavy atom. The van der Waals surface area contributed by atoms with Gasteiger partial charge in [-0.1, -0.05) is 413 Å². The van der Waals surface area contributed by atoms with Gasteiger partial charge in [0.1, 0.15) is 0 Å². The van der Waals surface area contributed by atoms with E-state index in [1.165, 1.54) is 152 Å². The third kappa shape index (κ3) is 22.1. The molecule has 0 unspecified atom stereocenters. The van der Waals surface area contributed by atoms with Crippen LogP contribution < -0.4 is 0 Å². The van der Waals surface area contributed by atoms with Gasteiger partial charge in [0.25, 0.3) is 0 Å². The maximum Gasteiger partial charge on any atom is 0.0716 e. The summed E-state index contributed by atoms with van der Waals surface area (Å²) in [6.07, 6.45) is 8.91. The zero-order chi connectivity index (χ0) is 72.5. The molecule has 0 heterocycles. The van der Waals surface area contributed by atoms with Crippen LogP contribution in [0.5, 0.6) is 0 Å². The van der Waals surface area contributed by atoms with Crippen LogP contribution in [0.3, 0.4) is 0 Å². The van der Waals surface area contributed by atoms with Crippen molar-refractivity contribution in [2.45, 2.75) is 183 Å². The van der Waals surface area contributed by atoms with Gasteiger partial charge < -0.3 is 0 Å². The molecule has 0 N–H and O–H groups in total. The van der Waals surface area contributed by atoms with E-state index >= 15 is 0 Å². The Morgan fingerprint density at radius 3 is 1.20 bits per heavy atom. The van der Waals surface area contributed by atoms with Crippen LogP contribution in [0.2, 0.25) is 0 Å². The van der Waals surface area contributed by atoms with Crippen molar-refractivity contribution in [3.05, 3.63) is 347 Å². The molecule has 1 saturated carbocycles. The van der Waals surface area contributed by atoms with E-state index in [1.54, 1.807) is 5.56 Å². The minimum absolute atomic E-state index is 0.569. The summed E-state index contributed by atoms with van der Waals surface area (Å²) in [6.45, 7) is 31.3. The summed E-state index contributed by atoms with van der Waals surface area (Å²) in [4.78, 5) is 0. The maximum absolute atomic E-state index is 5.50. The Labute approximate surface area is 616 Å². The molecule has 2 radical (unpaired) electrons. The van der Waals surface area contributed by atoms with Gasteiger partial charge in [-0.05, 0) is 199 Å². The fourth-order valence-electron chi connectivity index (χ4n) is 13.8. The highest BCUT2D eigenvalue weighted by molar-refractivity contribution is 6.08. The average molecular weight is 1340 g/mol. The molecule has 0 bridgehead atoms. The lowest BCUT2D eigenvalue weighted by Gasteiger charge is -2.22. The highest BCUT2D eigenvalue weighted by Crippen LogP contribution is 2.35. The first kappa shape index (κ1) is 76.9. The summed E-state index contributed by atoms with van der Waals surface area (Å²) >= 11 is 0. The van der Waals surface area contributed by atoms with Crippen molar-refractivity contribution in [3.63, 3.8) is 0 Å². The summed E-state index contributed by atoms with van der Waals surface area (Å²) in [5.74, 6) is 5.22. The van der Waals surface area contributed by atoms with Crippen molar-refractivity contribution < 1.29 is 0 Å². The Kier molecular flexibility index (Phi) is 29.1. The van der Waals surface area contributed by atoms with E-state index in [1.807, 2.05) is 6.07 Å². The zero-order valence-electron chi connectivity index (χ0n) is 63.9. The lowest BCUT2D eigenvalue weighted by molar-refractivity contribution is 0.443. The molecule has 0 spiro atoms. The maximum atomic E-state index is 5.50. The summed E-state index contributed by atoms with van der Waals surface area (Å²) < 4.78 is 0. The van der Waals surface area contributed by atoms with Gasteiger partial charge in [0.15, 0.2) is 0 Å².